The number of ether oxygens (including phenoxy) is 2. The van der Waals surface area contributed by atoms with Crippen LogP contribution >= 0.6 is 0 Å². The third-order valence-corrected chi connectivity index (χ3v) is 5.11. The highest BCUT2D eigenvalue weighted by Crippen LogP contribution is 2.21. The molecule has 0 aliphatic carbocycles. The molecule has 1 N–H and O–H groups in total. The first-order chi connectivity index (χ1) is 14.5. The molecule has 162 valence electrons. The number of furan rings is 1. The van der Waals surface area contributed by atoms with Gasteiger partial charge in [0.2, 0.25) is 0 Å². The Morgan fingerprint density at radius 1 is 1.17 bits per heavy atom. The summed E-state index contributed by atoms with van der Waals surface area (Å²) in [4.78, 5) is 21.1. The number of aliphatic imine (C=N–C) groups is 1. The lowest BCUT2D eigenvalue weighted by Crippen LogP contribution is -2.52. The zero-order valence-electron chi connectivity index (χ0n) is 18.1. The summed E-state index contributed by atoms with van der Waals surface area (Å²) >= 11 is 0. The van der Waals surface area contributed by atoms with Crippen LogP contribution in [0.25, 0.3) is 0 Å². The SMILES string of the molecule is CCNC(=NCc1cc(C(=O)OC)c(C)o1)N1CCN(c2ccc(OC)cc2)CC1. The lowest BCUT2D eigenvalue weighted by Gasteiger charge is -2.37. The molecular weight excluding hydrogens is 384 g/mol. The van der Waals surface area contributed by atoms with Gasteiger partial charge in [-0.25, -0.2) is 9.79 Å². The van der Waals surface area contributed by atoms with Gasteiger partial charge in [0, 0.05) is 38.4 Å². The number of hydrogen-bond donors (Lipinski definition) is 1. The van der Waals surface area contributed by atoms with Gasteiger partial charge in [-0.3, -0.25) is 0 Å². The van der Waals surface area contributed by atoms with Gasteiger partial charge in [0.15, 0.2) is 5.96 Å². The average Bonchev–Trinajstić information content (AvgIpc) is 3.16. The van der Waals surface area contributed by atoms with E-state index >= 15 is 0 Å². The second kappa shape index (κ2) is 10.0. The van der Waals surface area contributed by atoms with Gasteiger partial charge in [0.1, 0.15) is 29.4 Å². The second-order valence-corrected chi connectivity index (χ2v) is 7.02. The van der Waals surface area contributed by atoms with Crippen LogP contribution in [-0.4, -0.2) is 63.8 Å². The maximum atomic E-state index is 11.8. The van der Waals surface area contributed by atoms with Gasteiger partial charge in [-0.15, -0.1) is 0 Å². The fraction of sp³-hybridized carbons (Fsp3) is 0.455. The topological polar surface area (TPSA) is 79.5 Å². The third-order valence-electron chi connectivity index (χ3n) is 5.11. The van der Waals surface area contributed by atoms with E-state index in [2.05, 4.69) is 34.2 Å². The Balaban J connectivity index is 1.63. The molecule has 0 spiro atoms. The van der Waals surface area contributed by atoms with Gasteiger partial charge in [-0.2, -0.15) is 0 Å². The average molecular weight is 415 g/mol. The van der Waals surface area contributed by atoms with Gasteiger partial charge in [0.25, 0.3) is 0 Å². The van der Waals surface area contributed by atoms with E-state index in [1.165, 1.54) is 12.8 Å². The summed E-state index contributed by atoms with van der Waals surface area (Å²) in [6.07, 6.45) is 0. The lowest BCUT2D eigenvalue weighted by molar-refractivity contribution is 0.0599. The van der Waals surface area contributed by atoms with E-state index in [1.807, 2.05) is 12.1 Å². The summed E-state index contributed by atoms with van der Waals surface area (Å²) in [5.74, 6) is 2.50. The number of carbonyl (C=O) groups is 1. The molecule has 1 fully saturated rings. The molecule has 0 radical (unpaired) electrons. The van der Waals surface area contributed by atoms with Crippen LogP contribution in [0, 0.1) is 6.92 Å². The number of hydrogen-bond acceptors (Lipinski definition) is 6. The Labute approximate surface area is 177 Å². The molecule has 1 aliphatic heterocycles. The van der Waals surface area contributed by atoms with E-state index in [1.54, 1.807) is 20.1 Å². The number of guanidine groups is 1. The Kier molecular flexibility index (Phi) is 7.21. The molecule has 0 atom stereocenters. The molecule has 0 amide bonds. The standard InChI is InChI=1S/C22H30N4O4/c1-5-23-22(24-15-19-14-20(16(2)30-19)21(27)29-4)26-12-10-25(11-13-26)17-6-8-18(28-3)9-7-17/h6-9,14H,5,10-13,15H2,1-4H3,(H,23,24). The number of carbonyl (C=O) groups excluding carboxylic acids is 1. The van der Waals surface area contributed by atoms with Crippen LogP contribution in [0.15, 0.2) is 39.7 Å². The first-order valence-corrected chi connectivity index (χ1v) is 10.2. The van der Waals surface area contributed by atoms with Crippen molar-refractivity contribution in [2.45, 2.75) is 20.4 Å². The van der Waals surface area contributed by atoms with Gasteiger partial charge >= 0.3 is 5.97 Å². The monoisotopic (exact) mass is 414 g/mol. The first kappa shape index (κ1) is 21.5. The molecule has 0 bridgehead atoms. The van der Waals surface area contributed by atoms with Crippen LogP contribution in [0.1, 0.15) is 28.8 Å². The largest absolute Gasteiger partial charge is 0.497 e. The van der Waals surface area contributed by atoms with E-state index < -0.39 is 5.97 Å². The second-order valence-electron chi connectivity index (χ2n) is 7.02. The molecule has 1 aromatic heterocycles. The van der Waals surface area contributed by atoms with Crippen molar-refractivity contribution in [3.8, 4) is 5.75 Å². The summed E-state index contributed by atoms with van der Waals surface area (Å²) in [6, 6.07) is 9.86. The molecule has 8 nitrogen and oxygen atoms in total. The number of nitrogens with one attached hydrogen (secondary N) is 1. The Morgan fingerprint density at radius 3 is 2.47 bits per heavy atom. The zero-order chi connectivity index (χ0) is 21.5. The highest BCUT2D eigenvalue weighted by atomic mass is 16.5. The summed E-state index contributed by atoms with van der Waals surface area (Å²) in [6.45, 7) is 8.48. The summed E-state index contributed by atoms with van der Waals surface area (Å²) in [5.41, 5.74) is 1.64. The number of aryl methyl sites for hydroxylation is 1. The maximum absolute atomic E-state index is 11.8. The Morgan fingerprint density at radius 2 is 1.87 bits per heavy atom. The van der Waals surface area contributed by atoms with Gasteiger partial charge in [-0.05, 0) is 44.2 Å². The van der Waals surface area contributed by atoms with E-state index in [9.17, 15) is 4.79 Å². The maximum Gasteiger partial charge on any atom is 0.341 e. The van der Waals surface area contributed by atoms with Crippen LogP contribution in [0.3, 0.4) is 0 Å². The van der Waals surface area contributed by atoms with Crippen molar-refractivity contribution >= 4 is 17.6 Å². The fourth-order valence-corrected chi connectivity index (χ4v) is 3.48. The Hall–Kier alpha value is -3.16. The molecule has 30 heavy (non-hydrogen) atoms. The van der Waals surface area contributed by atoms with Gasteiger partial charge < -0.3 is 29.0 Å². The molecule has 0 unspecified atom stereocenters. The zero-order valence-corrected chi connectivity index (χ0v) is 18.1. The van der Waals surface area contributed by atoms with Crippen LogP contribution in [-0.2, 0) is 11.3 Å². The van der Waals surface area contributed by atoms with E-state index in [4.69, 9.17) is 18.9 Å². The van der Waals surface area contributed by atoms with Crippen LogP contribution in [0.4, 0.5) is 5.69 Å². The molecular formula is C22H30N4O4. The molecule has 8 heteroatoms. The van der Waals surface area contributed by atoms with Crippen LogP contribution in [0.2, 0.25) is 0 Å². The number of rotatable bonds is 6. The summed E-state index contributed by atoms with van der Waals surface area (Å²) < 4.78 is 15.7. The van der Waals surface area contributed by atoms with Crippen molar-refractivity contribution in [3.05, 3.63) is 47.4 Å². The highest BCUT2D eigenvalue weighted by Gasteiger charge is 2.20. The first-order valence-electron chi connectivity index (χ1n) is 10.2. The summed E-state index contributed by atoms with van der Waals surface area (Å²) in [7, 11) is 3.04. The highest BCUT2D eigenvalue weighted by molar-refractivity contribution is 5.90. The molecule has 2 aromatic rings. The van der Waals surface area contributed by atoms with Crippen molar-refractivity contribution < 1.29 is 18.7 Å². The molecule has 1 aromatic carbocycles. The smallest absolute Gasteiger partial charge is 0.341 e. The molecule has 0 saturated carbocycles. The number of nitrogens with zero attached hydrogens (tertiary/aromatic N) is 3. The van der Waals surface area contributed by atoms with Gasteiger partial charge in [0.05, 0.1) is 14.2 Å². The van der Waals surface area contributed by atoms with Crippen molar-refractivity contribution in [3.63, 3.8) is 0 Å². The lowest BCUT2D eigenvalue weighted by atomic mass is 10.2. The number of anilines is 1. The van der Waals surface area contributed by atoms with Gasteiger partial charge in [-0.1, -0.05) is 0 Å². The minimum Gasteiger partial charge on any atom is -0.497 e. The molecule has 1 saturated heterocycles. The fourth-order valence-electron chi connectivity index (χ4n) is 3.48. The minimum absolute atomic E-state index is 0.360. The van der Waals surface area contributed by atoms with Crippen molar-refractivity contribution in [2.24, 2.45) is 4.99 Å². The normalized spacial score (nSPS) is 14.6. The number of benzene rings is 1. The predicted octanol–water partition coefficient (Wildman–Crippen LogP) is 2.67. The van der Waals surface area contributed by atoms with Crippen molar-refractivity contribution in [2.75, 3.05) is 51.8 Å². The third kappa shape index (κ3) is 5.06. The van der Waals surface area contributed by atoms with E-state index in [-0.39, 0.29) is 0 Å². The number of esters is 1. The van der Waals surface area contributed by atoms with E-state index in [0.717, 1.165) is 44.4 Å². The van der Waals surface area contributed by atoms with Crippen molar-refractivity contribution in [1.82, 2.24) is 10.2 Å². The number of methoxy groups -OCH3 is 2. The minimum atomic E-state index is -0.395. The van der Waals surface area contributed by atoms with Crippen LogP contribution in [0.5, 0.6) is 5.75 Å². The molecule has 1 aliphatic rings. The molecule has 3 rings (SSSR count). The van der Waals surface area contributed by atoms with Crippen molar-refractivity contribution in [1.29, 1.82) is 0 Å². The van der Waals surface area contributed by atoms with E-state index in [0.29, 0.717) is 23.6 Å². The van der Waals surface area contributed by atoms with Crippen LogP contribution < -0.4 is 15.0 Å². The summed E-state index contributed by atoms with van der Waals surface area (Å²) in [5, 5.41) is 3.36. The quantitative estimate of drug-likeness (QED) is 0.442. The number of piperazine rings is 1. The predicted molar refractivity (Wildman–Crippen MR) is 116 cm³/mol. The molecule has 2 heterocycles. The Bertz CT molecular complexity index is 868.